The van der Waals surface area contributed by atoms with E-state index >= 15 is 0 Å². The molecular formula is C14H20N2O5. The summed E-state index contributed by atoms with van der Waals surface area (Å²) in [6.07, 6.45) is 0.320. The van der Waals surface area contributed by atoms with Crippen LogP contribution in [0.3, 0.4) is 0 Å². The molecule has 1 unspecified atom stereocenters. The number of nitrogen functional groups attached to an aromatic ring is 1. The average molecular weight is 296 g/mol. The second-order valence-electron chi connectivity index (χ2n) is 4.29. The van der Waals surface area contributed by atoms with Crippen LogP contribution in [-0.4, -0.2) is 45.9 Å². The van der Waals surface area contributed by atoms with Crippen molar-refractivity contribution in [1.82, 2.24) is 5.32 Å². The Labute approximate surface area is 123 Å². The van der Waals surface area contributed by atoms with E-state index in [4.69, 9.17) is 15.2 Å². The number of esters is 1. The van der Waals surface area contributed by atoms with E-state index in [1.807, 2.05) is 0 Å². The molecule has 0 fully saturated rings. The zero-order valence-electron chi connectivity index (χ0n) is 12.3. The molecule has 1 amide bonds. The highest BCUT2D eigenvalue weighted by atomic mass is 16.5. The van der Waals surface area contributed by atoms with Gasteiger partial charge in [-0.1, -0.05) is 0 Å². The van der Waals surface area contributed by atoms with Crippen LogP contribution in [0, 0.1) is 0 Å². The van der Waals surface area contributed by atoms with E-state index in [0.29, 0.717) is 30.0 Å². The number of carbonyl (C=O) groups excluding carboxylic acids is 2. The van der Waals surface area contributed by atoms with Gasteiger partial charge in [0.15, 0.2) is 0 Å². The van der Waals surface area contributed by atoms with Crippen LogP contribution in [-0.2, 0) is 14.3 Å². The number of hydrogen-bond donors (Lipinski definition) is 2. The number of amides is 1. The van der Waals surface area contributed by atoms with E-state index in [1.54, 1.807) is 12.1 Å². The molecular weight excluding hydrogens is 276 g/mol. The van der Waals surface area contributed by atoms with Crippen molar-refractivity contribution in [2.45, 2.75) is 12.5 Å². The summed E-state index contributed by atoms with van der Waals surface area (Å²) in [7, 11) is 4.24. The van der Waals surface area contributed by atoms with Crippen molar-refractivity contribution in [2.75, 3.05) is 33.7 Å². The molecule has 1 aromatic carbocycles. The predicted octanol–water partition coefficient (Wildman–Crippen LogP) is 0.585. The summed E-state index contributed by atoms with van der Waals surface area (Å²) in [5.74, 6) is -0.545. The largest absolute Gasteiger partial charge is 0.495 e. The normalized spacial score (nSPS) is 11.6. The lowest BCUT2D eigenvalue weighted by atomic mass is 10.1. The summed E-state index contributed by atoms with van der Waals surface area (Å²) in [6, 6.07) is 3.86. The van der Waals surface area contributed by atoms with E-state index in [2.05, 4.69) is 10.1 Å². The molecule has 0 saturated heterocycles. The van der Waals surface area contributed by atoms with Crippen LogP contribution < -0.4 is 15.8 Å². The van der Waals surface area contributed by atoms with E-state index in [9.17, 15) is 9.59 Å². The molecule has 0 aliphatic rings. The summed E-state index contributed by atoms with van der Waals surface area (Å²) in [5.41, 5.74) is 6.46. The van der Waals surface area contributed by atoms with Crippen molar-refractivity contribution in [3.63, 3.8) is 0 Å². The number of nitrogens with two attached hydrogens (primary N) is 1. The van der Waals surface area contributed by atoms with Crippen molar-refractivity contribution in [1.29, 1.82) is 0 Å². The molecule has 116 valence electrons. The maximum atomic E-state index is 12.2. The van der Waals surface area contributed by atoms with Crippen molar-refractivity contribution in [3.8, 4) is 5.75 Å². The number of benzene rings is 1. The van der Waals surface area contributed by atoms with Crippen LogP contribution in [0.2, 0.25) is 0 Å². The van der Waals surface area contributed by atoms with Gasteiger partial charge < -0.3 is 25.3 Å². The van der Waals surface area contributed by atoms with Gasteiger partial charge in [-0.15, -0.1) is 0 Å². The standard InChI is InChI=1S/C14H20N2O5/c1-19-7-6-11(14(18)21-3)16-13(17)9-4-5-10(15)12(8-9)20-2/h4-5,8,11H,6-7,15H2,1-3H3,(H,16,17). The molecule has 0 bridgehead atoms. The van der Waals surface area contributed by atoms with E-state index in [1.165, 1.54) is 27.4 Å². The van der Waals surface area contributed by atoms with Gasteiger partial charge in [0.2, 0.25) is 0 Å². The van der Waals surface area contributed by atoms with Gasteiger partial charge in [0, 0.05) is 25.7 Å². The third-order valence-corrected chi connectivity index (χ3v) is 2.90. The smallest absolute Gasteiger partial charge is 0.328 e. The Hall–Kier alpha value is -2.28. The van der Waals surface area contributed by atoms with Crippen molar-refractivity contribution < 1.29 is 23.8 Å². The lowest BCUT2D eigenvalue weighted by Crippen LogP contribution is -2.42. The summed E-state index contributed by atoms with van der Waals surface area (Å²) in [5, 5.41) is 2.60. The number of ether oxygens (including phenoxy) is 3. The fourth-order valence-electron chi connectivity index (χ4n) is 1.72. The van der Waals surface area contributed by atoms with Gasteiger partial charge in [-0.3, -0.25) is 4.79 Å². The van der Waals surface area contributed by atoms with E-state index in [-0.39, 0.29) is 0 Å². The van der Waals surface area contributed by atoms with Crippen LogP contribution in [0.4, 0.5) is 5.69 Å². The third kappa shape index (κ3) is 4.64. The molecule has 21 heavy (non-hydrogen) atoms. The number of nitrogens with one attached hydrogen (secondary N) is 1. The van der Waals surface area contributed by atoms with Crippen LogP contribution in [0.1, 0.15) is 16.8 Å². The van der Waals surface area contributed by atoms with Gasteiger partial charge >= 0.3 is 5.97 Å². The van der Waals surface area contributed by atoms with Gasteiger partial charge in [-0.2, -0.15) is 0 Å². The topological polar surface area (TPSA) is 99.9 Å². The fraction of sp³-hybridized carbons (Fsp3) is 0.429. The first kappa shape index (κ1) is 16.8. The number of hydrogen-bond acceptors (Lipinski definition) is 6. The molecule has 7 heteroatoms. The fourth-order valence-corrected chi connectivity index (χ4v) is 1.72. The minimum atomic E-state index is -0.772. The van der Waals surface area contributed by atoms with Crippen molar-refractivity contribution >= 4 is 17.6 Å². The summed E-state index contributed by atoms with van der Waals surface area (Å²) in [4.78, 5) is 23.8. The van der Waals surface area contributed by atoms with Crippen LogP contribution in [0.25, 0.3) is 0 Å². The highest BCUT2D eigenvalue weighted by Gasteiger charge is 2.22. The number of carbonyl (C=O) groups is 2. The monoisotopic (exact) mass is 296 g/mol. The highest BCUT2D eigenvalue weighted by Crippen LogP contribution is 2.22. The average Bonchev–Trinajstić information content (AvgIpc) is 2.50. The lowest BCUT2D eigenvalue weighted by Gasteiger charge is -2.16. The Morgan fingerprint density at radius 2 is 2.00 bits per heavy atom. The van der Waals surface area contributed by atoms with Crippen LogP contribution >= 0.6 is 0 Å². The zero-order valence-corrected chi connectivity index (χ0v) is 12.3. The SMILES string of the molecule is COCCC(NC(=O)c1ccc(N)c(OC)c1)C(=O)OC. The molecule has 0 aliphatic carbocycles. The minimum Gasteiger partial charge on any atom is -0.495 e. The lowest BCUT2D eigenvalue weighted by molar-refractivity contribution is -0.143. The van der Waals surface area contributed by atoms with Crippen molar-refractivity contribution in [2.24, 2.45) is 0 Å². The Bertz CT molecular complexity index is 504. The second-order valence-corrected chi connectivity index (χ2v) is 4.29. The summed E-state index contributed by atoms with van der Waals surface area (Å²) >= 11 is 0. The number of anilines is 1. The predicted molar refractivity (Wildman–Crippen MR) is 77.2 cm³/mol. The van der Waals surface area contributed by atoms with Gasteiger partial charge in [-0.25, -0.2) is 4.79 Å². The first-order valence-electron chi connectivity index (χ1n) is 6.34. The van der Waals surface area contributed by atoms with Gasteiger partial charge in [0.1, 0.15) is 11.8 Å². The Kier molecular flexibility index (Phi) is 6.48. The molecule has 1 rings (SSSR count). The van der Waals surface area contributed by atoms with E-state index in [0.717, 1.165) is 0 Å². The van der Waals surface area contributed by atoms with Gasteiger partial charge in [-0.05, 0) is 18.2 Å². The van der Waals surface area contributed by atoms with Gasteiger partial charge in [0.05, 0.1) is 19.9 Å². The maximum absolute atomic E-state index is 12.2. The quantitative estimate of drug-likeness (QED) is 0.564. The summed E-state index contributed by atoms with van der Waals surface area (Å²) < 4.78 is 14.6. The zero-order chi connectivity index (χ0) is 15.8. The minimum absolute atomic E-state index is 0.320. The number of methoxy groups -OCH3 is 3. The maximum Gasteiger partial charge on any atom is 0.328 e. The Morgan fingerprint density at radius 3 is 2.57 bits per heavy atom. The molecule has 0 radical (unpaired) electrons. The Morgan fingerprint density at radius 1 is 1.29 bits per heavy atom. The first-order chi connectivity index (χ1) is 10.0. The summed E-state index contributed by atoms with van der Waals surface area (Å²) in [6.45, 7) is 0.325. The van der Waals surface area contributed by atoms with Gasteiger partial charge in [0.25, 0.3) is 5.91 Å². The molecule has 1 atom stereocenters. The molecule has 0 aliphatic heterocycles. The molecule has 0 saturated carbocycles. The molecule has 0 aromatic heterocycles. The number of rotatable bonds is 7. The molecule has 1 aromatic rings. The first-order valence-corrected chi connectivity index (χ1v) is 6.34. The van der Waals surface area contributed by atoms with Crippen LogP contribution in [0.5, 0.6) is 5.75 Å². The van der Waals surface area contributed by atoms with Crippen molar-refractivity contribution in [3.05, 3.63) is 23.8 Å². The molecule has 0 spiro atoms. The molecule has 0 heterocycles. The molecule has 3 N–H and O–H groups in total. The second kappa shape index (κ2) is 8.11. The highest BCUT2D eigenvalue weighted by molar-refractivity contribution is 5.97. The third-order valence-electron chi connectivity index (χ3n) is 2.90. The van der Waals surface area contributed by atoms with E-state index < -0.39 is 17.9 Å². The molecule has 7 nitrogen and oxygen atoms in total. The van der Waals surface area contributed by atoms with Crippen LogP contribution in [0.15, 0.2) is 18.2 Å². The Balaban J connectivity index is 2.83.